The van der Waals surface area contributed by atoms with E-state index in [4.69, 9.17) is 0 Å². The van der Waals surface area contributed by atoms with Gasteiger partial charge in [0.2, 0.25) is 5.91 Å². The summed E-state index contributed by atoms with van der Waals surface area (Å²) >= 11 is 1.61. The standard InChI is InChI=1S/C15H18N2O2S/c1-11(18)16-7-4-8-20-10-15(19)13-9-17-14-6-3-2-5-12(13)14/h2-3,5-6,9,17H,4,7-8,10H2,1H3,(H,16,18). The lowest BCUT2D eigenvalue weighted by molar-refractivity contribution is -0.118. The Labute approximate surface area is 122 Å². The van der Waals surface area contributed by atoms with Crippen LogP contribution in [0.5, 0.6) is 0 Å². The molecule has 0 atom stereocenters. The van der Waals surface area contributed by atoms with E-state index in [2.05, 4.69) is 10.3 Å². The second-order valence-corrected chi connectivity index (χ2v) is 5.67. The molecular weight excluding hydrogens is 272 g/mol. The van der Waals surface area contributed by atoms with E-state index in [1.807, 2.05) is 24.3 Å². The predicted molar refractivity (Wildman–Crippen MR) is 83.3 cm³/mol. The van der Waals surface area contributed by atoms with Crippen LogP contribution in [0.3, 0.4) is 0 Å². The predicted octanol–water partition coefficient (Wildman–Crippen LogP) is 2.61. The second-order valence-electron chi connectivity index (χ2n) is 4.56. The van der Waals surface area contributed by atoms with Crippen molar-refractivity contribution >= 4 is 34.4 Å². The van der Waals surface area contributed by atoms with E-state index in [1.165, 1.54) is 6.92 Å². The Balaban J connectivity index is 1.79. The van der Waals surface area contributed by atoms with Gasteiger partial charge in [0, 0.05) is 36.1 Å². The zero-order valence-corrected chi connectivity index (χ0v) is 12.3. The number of aromatic nitrogens is 1. The van der Waals surface area contributed by atoms with Gasteiger partial charge in [0.05, 0.1) is 5.75 Å². The van der Waals surface area contributed by atoms with E-state index in [-0.39, 0.29) is 11.7 Å². The number of rotatable bonds is 7. The van der Waals surface area contributed by atoms with Gasteiger partial charge in [0.15, 0.2) is 5.78 Å². The van der Waals surface area contributed by atoms with Crippen LogP contribution in [0.4, 0.5) is 0 Å². The first-order valence-electron chi connectivity index (χ1n) is 6.60. The summed E-state index contributed by atoms with van der Waals surface area (Å²) in [6, 6.07) is 7.81. The van der Waals surface area contributed by atoms with E-state index in [0.717, 1.165) is 28.6 Å². The summed E-state index contributed by atoms with van der Waals surface area (Å²) < 4.78 is 0. The molecule has 0 fully saturated rings. The number of fused-ring (bicyclic) bond motifs is 1. The molecule has 1 heterocycles. The Bertz CT molecular complexity index is 607. The highest BCUT2D eigenvalue weighted by molar-refractivity contribution is 7.99. The summed E-state index contributed by atoms with van der Waals surface area (Å²) in [5.41, 5.74) is 1.75. The molecule has 0 unspecified atom stereocenters. The average molecular weight is 290 g/mol. The fourth-order valence-corrected chi connectivity index (χ4v) is 2.82. The number of para-hydroxylation sites is 1. The summed E-state index contributed by atoms with van der Waals surface area (Å²) in [6.45, 7) is 2.18. The number of nitrogens with one attached hydrogen (secondary N) is 2. The molecule has 5 heteroatoms. The van der Waals surface area contributed by atoms with E-state index in [9.17, 15) is 9.59 Å². The normalized spacial score (nSPS) is 10.7. The summed E-state index contributed by atoms with van der Waals surface area (Å²) in [6.07, 6.45) is 2.66. The van der Waals surface area contributed by atoms with Crippen LogP contribution in [0.25, 0.3) is 10.9 Å². The number of ketones is 1. The highest BCUT2D eigenvalue weighted by Gasteiger charge is 2.11. The van der Waals surface area contributed by atoms with Crippen LogP contribution in [0.2, 0.25) is 0 Å². The molecule has 2 aromatic rings. The lowest BCUT2D eigenvalue weighted by Gasteiger charge is -2.02. The van der Waals surface area contributed by atoms with Crippen LogP contribution in [0, 0.1) is 0 Å². The number of Topliss-reactive ketones (excluding diaryl/α,β-unsaturated/α-hetero) is 1. The molecule has 0 bridgehead atoms. The van der Waals surface area contributed by atoms with Crippen LogP contribution in [-0.2, 0) is 4.79 Å². The fourth-order valence-electron chi connectivity index (χ4n) is 1.98. The molecule has 0 aliphatic rings. The first kappa shape index (κ1) is 14.7. The average Bonchev–Trinajstić information content (AvgIpc) is 2.86. The molecule has 1 aromatic carbocycles. The number of H-pyrrole nitrogens is 1. The highest BCUT2D eigenvalue weighted by Crippen LogP contribution is 2.19. The minimum absolute atomic E-state index is 0.00938. The lowest BCUT2D eigenvalue weighted by Crippen LogP contribution is -2.21. The largest absolute Gasteiger partial charge is 0.360 e. The van der Waals surface area contributed by atoms with Gasteiger partial charge >= 0.3 is 0 Å². The minimum atomic E-state index is -0.00938. The van der Waals surface area contributed by atoms with Gasteiger partial charge < -0.3 is 10.3 Å². The van der Waals surface area contributed by atoms with Gasteiger partial charge in [-0.2, -0.15) is 11.8 Å². The van der Waals surface area contributed by atoms with Gasteiger partial charge in [-0.25, -0.2) is 0 Å². The van der Waals surface area contributed by atoms with E-state index in [0.29, 0.717) is 12.3 Å². The number of benzene rings is 1. The molecular formula is C15H18N2O2S. The molecule has 0 aliphatic heterocycles. The van der Waals surface area contributed by atoms with Gasteiger partial charge in [0.1, 0.15) is 0 Å². The number of amides is 1. The topological polar surface area (TPSA) is 62.0 Å². The molecule has 0 spiro atoms. The molecule has 0 saturated heterocycles. The molecule has 0 saturated carbocycles. The fraction of sp³-hybridized carbons (Fsp3) is 0.333. The molecule has 1 amide bonds. The van der Waals surface area contributed by atoms with Crippen molar-refractivity contribution in [1.82, 2.24) is 10.3 Å². The molecule has 0 aliphatic carbocycles. The minimum Gasteiger partial charge on any atom is -0.360 e. The third-order valence-electron chi connectivity index (χ3n) is 2.96. The molecule has 1 aromatic heterocycles. The van der Waals surface area contributed by atoms with Crippen LogP contribution in [0.15, 0.2) is 30.5 Å². The van der Waals surface area contributed by atoms with Gasteiger partial charge in [-0.3, -0.25) is 9.59 Å². The number of hydrogen-bond acceptors (Lipinski definition) is 3. The van der Waals surface area contributed by atoms with Crippen LogP contribution >= 0.6 is 11.8 Å². The zero-order valence-electron chi connectivity index (χ0n) is 11.4. The Morgan fingerprint density at radius 3 is 2.90 bits per heavy atom. The monoisotopic (exact) mass is 290 g/mol. The summed E-state index contributed by atoms with van der Waals surface area (Å²) in [5, 5.41) is 3.73. The van der Waals surface area contributed by atoms with Crippen molar-refractivity contribution in [3.8, 4) is 0 Å². The third-order valence-corrected chi connectivity index (χ3v) is 4.01. The van der Waals surface area contributed by atoms with Crippen molar-refractivity contribution in [2.24, 2.45) is 0 Å². The van der Waals surface area contributed by atoms with Gasteiger partial charge in [0.25, 0.3) is 0 Å². The number of carbonyl (C=O) groups is 2. The lowest BCUT2D eigenvalue weighted by atomic mass is 10.1. The van der Waals surface area contributed by atoms with Crippen LogP contribution < -0.4 is 5.32 Å². The summed E-state index contributed by atoms with van der Waals surface area (Å²) in [4.78, 5) is 26.0. The first-order chi connectivity index (χ1) is 9.68. The zero-order chi connectivity index (χ0) is 14.4. The second kappa shape index (κ2) is 7.14. The van der Waals surface area contributed by atoms with Crippen LogP contribution in [0.1, 0.15) is 23.7 Å². The maximum Gasteiger partial charge on any atom is 0.216 e. The van der Waals surface area contributed by atoms with Crippen LogP contribution in [-0.4, -0.2) is 34.7 Å². The summed E-state index contributed by atoms with van der Waals surface area (Å²) in [7, 11) is 0. The van der Waals surface area contributed by atoms with Gasteiger partial charge in [-0.15, -0.1) is 0 Å². The number of hydrogen-bond donors (Lipinski definition) is 2. The van der Waals surface area contributed by atoms with E-state index in [1.54, 1.807) is 18.0 Å². The molecule has 2 N–H and O–H groups in total. The third kappa shape index (κ3) is 3.87. The molecule has 4 nitrogen and oxygen atoms in total. The van der Waals surface area contributed by atoms with Gasteiger partial charge in [-0.05, 0) is 18.2 Å². The smallest absolute Gasteiger partial charge is 0.216 e. The Hall–Kier alpha value is -1.75. The van der Waals surface area contributed by atoms with Crippen molar-refractivity contribution in [1.29, 1.82) is 0 Å². The Morgan fingerprint density at radius 2 is 2.10 bits per heavy atom. The quantitative estimate of drug-likeness (QED) is 0.608. The maximum absolute atomic E-state index is 12.2. The van der Waals surface area contributed by atoms with Gasteiger partial charge in [-0.1, -0.05) is 18.2 Å². The van der Waals surface area contributed by atoms with Crippen molar-refractivity contribution in [2.75, 3.05) is 18.1 Å². The number of aromatic amines is 1. The first-order valence-corrected chi connectivity index (χ1v) is 7.75. The molecule has 0 radical (unpaired) electrons. The molecule has 2 rings (SSSR count). The Kier molecular flexibility index (Phi) is 5.24. The Morgan fingerprint density at radius 1 is 1.30 bits per heavy atom. The number of thioether (sulfide) groups is 1. The summed E-state index contributed by atoms with van der Waals surface area (Å²) in [5.74, 6) is 1.48. The van der Waals surface area contributed by atoms with E-state index >= 15 is 0 Å². The van der Waals surface area contributed by atoms with Crippen molar-refractivity contribution in [3.63, 3.8) is 0 Å². The maximum atomic E-state index is 12.2. The van der Waals surface area contributed by atoms with Crippen molar-refractivity contribution < 1.29 is 9.59 Å². The molecule has 106 valence electrons. The SMILES string of the molecule is CC(=O)NCCCSCC(=O)c1c[nH]c2ccccc12. The van der Waals surface area contributed by atoms with Crippen molar-refractivity contribution in [2.45, 2.75) is 13.3 Å². The van der Waals surface area contributed by atoms with Crippen molar-refractivity contribution in [3.05, 3.63) is 36.0 Å². The van der Waals surface area contributed by atoms with E-state index < -0.39 is 0 Å². The molecule has 20 heavy (non-hydrogen) atoms. The number of carbonyl (C=O) groups excluding carboxylic acids is 2. The highest BCUT2D eigenvalue weighted by atomic mass is 32.2.